The van der Waals surface area contributed by atoms with Crippen molar-refractivity contribution in [3.05, 3.63) is 139 Å². The molecule has 7 heteroatoms. The number of aromatic nitrogens is 1. The van der Waals surface area contributed by atoms with Crippen molar-refractivity contribution in [3.63, 3.8) is 0 Å². The van der Waals surface area contributed by atoms with Crippen molar-refractivity contribution < 1.29 is 44.1 Å². The van der Waals surface area contributed by atoms with E-state index in [1.165, 1.54) is 52.8 Å². The topological polar surface area (TPSA) is 50.2 Å². The van der Waals surface area contributed by atoms with Gasteiger partial charge in [0.1, 0.15) is 0 Å². The number of halogens is 3. The molecule has 0 spiro atoms. The molecule has 1 N–H and O–H groups in total. The van der Waals surface area contributed by atoms with Crippen LogP contribution in [0, 0.1) is 12.0 Å². The van der Waals surface area contributed by atoms with Crippen LogP contribution < -0.4 is 0 Å². The minimum Gasteiger partial charge on any atom is -0.512 e. The van der Waals surface area contributed by atoms with Crippen molar-refractivity contribution in [2.45, 2.75) is 39.8 Å². The molecule has 0 saturated heterocycles. The van der Waals surface area contributed by atoms with E-state index in [2.05, 4.69) is 116 Å². The predicted molar refractivity (Wildman–Crippen MR) is 176 cm³/mol. The van der Waals surface area contributed by atoms with E-state index in [1.807, 2.05) is 24.4 Å². The van der Waals surface area contributed by atoms with Crippen molar-refractivity contribution in [1.29, 1.82) is 0 Å². The number of hydrogen-bond donors (Lipinski definition) is 1. The number of aliphatic hydroxyl groups is 1. The van der Waals surface area contributed by atoms with Gasteiger partial charge in [0.05, 0.1) is 5.76 Å². The molecule has 0 aliphatic heterocycles. The molecule has 4 aromatic carbocycles. The van der Waals surface area contributed by atoms with Crippen LogP contribution in [0.15, 0.2) is 127 Å². The van der Waals surface area contributed by atoms with Gasteiger partial charge in [0.2, 0.25) is 0 Å². The first-order valence-electron chi connectivity index (χ1n) is 14.7. The van der Waals surface area contributed by atoms with Gasteiger partial charge in [-0.3, -0.25) is 4.79 Å². The van der Waals surface area contributed by atoms with Crippen LogP contribution in [0.1, 0.15) is 39.2 Å². The number of ketones is 1. The zero-order chi connectivity index (χ0) is 32.6. The number of carbonyl (C=O) groups excluding carboxylic acids is 1. The molecule has 5 rings (SSSR count). The minimum atomic E-state index is -4.90. The van der Waals surface area contributed by atoms with Gasteiger partial charge in [-0.15, -0.1) is 29.3 Å². The van der Waals surface area contributed by atoms with Crippen molar-refractivity contribution in [3.8, 4) is 44.6 Å². The van der Waals surface area contributed by atoms with E-state index in [0.717, 1.165) is 11.3 Å². The Kier molecular flexibility index (Phi) is 12.8. The Bertz CT molecular complexity index is 1690. The van der Waals surface area contributed by atoms with E-state index in [1.54, 1.807) is 0 Å². The van der Waals surface area contributed by atoms with Gasteiger partial charge in [-0.05, 0) is 57.8 Å². The van der Waals surface area contributed by atoms with E-state index in [-0.39, 0.29) is 27.1 Å². The molecule has 5 aromatic rings. The molecule has 1 heterocycles. The number of allylic oxidation sites excluding steroid dienone is 2. The first-order valence-corrected chi connectivity index (χ1v) is 14.7. The average molecular weight is 802 g/mol. The fraction of sp³-hybridized carbons (Fsp3) is 0.179. The zero-order valence-corrected chi connectivity index (χ0v) is 28.2. The van der Waals surface area contributed by atoms with E-state index < -0.39 is 23.6 Å². The van der Waals surface area contributed by atoms with Crippen LogP contribution in [-0.4, -0.2) is 22.1 Å². The Morgan fingerprint density at radius 3 is 1.74 bits per heavy atom. The maximum atomic E-state index is 11.6. The largest absolute Gasteiger partial charge is 0.512 e. The molecule has 0 amide bonds. The molecule has 3 nitrogen and oxygen atoms in total. The van der Waals surface area contributed by atoms with Crippen LogP contribution in [-0.2, 0) is 25.9 Å². The SMILES string of the molecule is CC(C)/C(O)=C/C(=O)C(F)(F)F.CC(C)c1c[c-]c(-c2ccccn2)cc1-c1cc(-c2ccccc2)cc(-c2ccccc2)c1.[Pt]. The Labute approximate surface area is 283 Å². The van der Waals surface area contributed by atoms with Crippen molar-refractivity contribution in [2.24, 2.45) is 5.92 Å². The fourth-order valence-corrected chi connectivity index (χ4v) is 4.66. The summed E-state index contributed by atoms with van der Waals surface area (Å²) >= 11 is 0. The summed E-state index contributed by atoms with van der Waals surface area (Å²) < 4.78 is 34.7. The van der Waals surface area contributed by atoms with Crippen molar-refractivity contribution in [1.82, 2.24) is 4.98 Å². The van der Waals surface area contributed by atoms with Gasteiger partial charge in [0.25, 0.3) is 5.78 Å². The van der Waals surface area contributed by atoms with Crippen LogP contribution in [0.3, 0.4) is 0 Å². The molecule has 0 unspecified atom stereocenters. The number of hydrogen-bond acceptors (Lipinski definition) is 3. The zero-order valence-electron chi connectivity index (χ0n) is 26.0. The third kappa shape index (κ3) is 9.61. The van der Waals surface area contributed by atoms with Gasteiger partial charge in [-0.25, -0.2) is 0 Å². The summed E-state index contributed by atoms with van der Waals surface area (Å²) in [7, 11) is 0. The fourth-order valence-electron chi connectivity index (χ4n) is 4.66. The molecule has 240 valence electrons. The third-order valence-corrected chi connectivity index (χ3v) is 7.15. The Morgan fingerprint density at radius 2 is 1.28 bits per heavy atom. The summed E-state index contributed by atoms with van der Waals surface area (Å²) in [5.74, 6) is -2.68. The normalized spacial score (nSPS) is 11.5. The summed E-state index contributed by atoms with van der Waals surface area (Å²) in [4.78, 5) is 14.8. The summed E-state index contributed by atoms with van der Waals surface area (Å²) in [6.07, 6.45) is -2.86. The van der Waals surface area contributed by atoms with Crippen LogP contribution in [0.25, 0.3) is 44.6 Å². The molecule has 0 aliphatic carbocycles. The number of benzene rings is 4. The standard InChI is InChI=1S/C32H26N.C7H9F3O2.Pt/c1-23(2)30-17-16-26(32-15-9-10-18-33-32)22-31(30)29-20-27(24-11-5-3-6-12-24)19-28(21-29)25-13-7-4-8-14-25;1-4(2)5(11)3-6(12)7(8,9)10;/h3-15,17-23H,1-2H3;3-4,11H,1-2H3;/q-1;;/b;5-3-;. The predicted octanol–water partition coefficient (Wildman–Crippen LogP) is 10.9. The quantitative estimate of drug-likeness (QED) is 0.101. The van der Waals surface area contributed by atoms with Gasteiger partial charge >= 0.3 is 6.18 Å². The van der Waals surface area contributed by atoms with Crippen LogP contribution in [0.4, 0.5) is 13.2 Å². The number of pyridine rings is 1. The summed E-state index contributed by atoms with van der Waals surface area (Å²) in [6, 6.07) is 42.0. The van der Waals surface area contributed by atoms with Gasteiger partial charge in [-0.2, -0.15) is 13.2 Å². The molecular formula is C39H35F3NO2Pt-. The van der Waals surface area contributed by atoms with E-state index in [4.69, 9.17) is 5.11 Å². The van der Waals surface area contributed by atoms with Gasteiger partial charge in [0.15, 0.2) is 0 Å². The average Bonchev–Trinajstić information content (AvgIpc) is 3.05. The van der Waals surface area contributed by atoms with Crippen LogP contribution in [0.5, 0.6) is 0 Å². The molecule has 1 aromatic heterocycles. The van der Waals surface area contributed by atoms with Crippen molar-refractivity contribution in [2.75, 3.05) is 0 Å². The Morgan fingerprint density at radius 1 is 0.761 bits per heavy atom. The molecule has 0 fully saturated rings. The summed E-state index contributed by atoms with van der Waals surface area (Å²) in [6.45, 7) is 7.45. The van der Waals surface area contributed by atoms with Crippen LogP contribution in [0.2, 0.25) is 0 Å². The third-order valence-electron chi connectivity index (χ3n) is 7.15. The monoisotopic (exact) mass is 801 g/mol. The minimum absolute atomic E-state index is 0. The van der Waals surface area contributed by atoms with Gasteiger partial charge < -0.3 is 10.1 Å². The maximum absolute atomic E-state index is 11.6. The molecule has 46 heavy (non-hydrogen) atoms. The van der Waals surface area contributed by atoms with Gasteiger partial charge in [-0.1, -0.05) is 112 Å². The Hall–Kier alpha value is -4.28. The van der Waals surface area contributed by atoms with Crippen LogP contribution >= 0.6 is 0 Å². The number of alkyl halides is 3. The first-order chi connectivity index (χ1) is 21.4. The molecule has 0 radical (unpaired) electrons. The molecule has 0 aliphatic rings. The summed E-state index contributed by atoms with van der Waals surface area (Å²) in [5, 5.41) is 8.80. The second-order valence-corrected chi connectivity index (χ2v) is 11.2. The molecular weight excluding hydrogens is 767 g/mol. The molecule has 0 saturated carbocycles. The second kappa shape index (κ2) is 16.3. The van der Waals surface area contributed by atoms with Crippen molar-refractivity contribution >= 4 is 5.78 Å². The number of nitrogens with zero attached hydrogens (tertiary/aromatic N) is 1. The first kappa shape index (κ1) is 36.2. The number of aliphatic hydroxyl groups excluding tert-OH is 1. The molecule has 0 bridgehead atoms. The number of rotatable bonds is 7. The van der Waals surface area contributed by atoms with Gasteiger partial charge in [0, 0.05) is 39.3 Å². The summed E-state index contributed by atoms with van der Waals surface area (Å²) in [5.41, 5.74) is 10.6. The van der Waals surface area contributed by atoms with E-state index in [0.29, 0.717) is 5.92 Å². The van der Waals surface area contributed by atoms with E-state index >= 15 is 0 Å². The maximum Gasteiger partial charge on any atom is 0.454 e. The number of carbonyl (C=O) groups is 1. The second-order valence-electron chi connectivity index (χ2n) is 11.2. The van der Waals surface area contributed by atoms with E-state index in [9.17, 15) is 18.0 Å². The Balaban J connectivity index is 0.000000380. The molecule has 0 atom stereocenters. The smallest absolute Gasteiger partial charge is 0.454 e.